The summed E-state index contributed by atoms with van der Waals surface area (Å²) in [5, 5.41) is 28.8. The standard InChI is InChI=1S/C14H13N5O5/c1-17-13(11-3-2-4-12(11)16-17)15-14(20)8-5-9(18(21)22)7-10(6-8)19(23)24/h5-7H,2-4H2,1H3,(H,15,20). The van der Waals surface area contributed by atoms with Crippen LogP contribution in [0.15, 0.2) is 18.2 Å². The van der Waals surface area contributed by atoms with E-state index < -0.39 is 27.1 Å². The molecule has 1 aromatic heterocycles. The Balaban J connectivity index is 1.96. The Bertz CT molecular complexity index is 840. The highest BCUT2D eigenvalue weighted by molar-refractivity contribution is 6.05. The Morgan fingerprint density at radius 3 is 2.38 bits per heavy atom. The summed E-state index contributed by atoms with van der Waals surface area (Å²) >= 11 is 0. The predicted molar refractivity (Wildman–Crippen MR) is 82.9 cm³/mol. The number of hydrogen-bond donors (Lipinski definition) is 1. The average Bonchev–Trinajstić information content (AvgIpc) is 3.09. The van der Waals surface area contributed by atoms with Crippen molar-refractivity contribution >= 4 is 23.1 Å². The fourth-order valence-corrected chi connectivity index (χ4v) is 2.79. The Kier molecular flexibility index (Phi) is 3.72. The molecule has 10 heteroatoms. The van der Waals surface area contributed by atoms with Gasteiger partial charge in [0.1, 0.15) is 5.82 Å². The molecule has 0 bridgehead atoms. The van der Waals surface area contributed by atoms with E-state index in [-0.39, 0.29) is 5.56 Å². The van der Waals surface area contributed by atoms with E-state index in [4.69, 9.17) is 0 Å². The second-order valence-corrected chi connectivity index (χ2v) is 5.46. The van der Waals surface area contributed by atoms with E-state index in [9.17, 15) is 25.0 Å². The lowest BCUT2D eigenvalue weighted by Crippen LogP contribution is -2.16. The smallest absolute Gasteiger partial charge is 0.277 e. The summed E-state index contributed by atoms with van der Waals surface area (Å²) in [6, 6.07) is 2.84. The van der Waals surface area contributed by atoms with Crippen molar-refractivity contribution in [1.82, 2.24) is 9.78 Å². The maximum absolute atomic E-state index is 12.4. The van der Waals surface area contributed by atoms with Gasteiger partial charge >= 0.3 is 0 Å². The summed E-state index contributed by atoms with van der Waals surface area (Å²) in [7, 11) is 1.68. The topological polar surface area (TPSA) is 133 Å². The second-order valence-electron chi connectivity index (χ2n) is 5.46. The minimum absolute atomic E-state index is 0.149. The van der Waals surface area contributed by atoms with Crippen LogP contribution in [0, 0.1) is 20.2 Å². The van der Waals surface area contributed by atoms with Crippen molar-refractivity contribution in [2.75, 3.05) is 5.32 Å². The molecule has 10 nitrogen and oxygen atoms in total. The molecule has 1 amide bonds. The SMILES string of the molecule is Cn1nc2c(c1NC(=O)c1cc([N+](=O)[O-])cc([N+](=O)[O-])c1)CCC2. The number of nitrogens with zero attached hydrogens (tertiary/aromatic N) is 4. The molecule has 0 fully saturated rings. The van der Waals surface area contributed by atoms with Crippen LogP contribution in [0.4, 0.5) is 17.2 Å². The number of anilines is 1. The van der Waals surface area contributed by atoms with E-state index in [1.54, 1.807) is 7.05 Å². The number of carbonyl (C=O) groups is 1. The summed E-state index contributed by atoms with van der Waals surface area (Å²) < 4.78 is 1.54. The van der Waals surface area contributed by atoms with Crippen LogP contribution < -0.4 is 5.32 Å². The van der Waals surface area contributed by atoms with Gasteiger partial charge in [0, 0.05) is 24.7 Å². The van der Waals surface area contributed by atoms with E-state index in [2.05, 4.69) is 10.4 Å². The van der Waals surface area contributed by atoms with E-state index in [0.29, 0.717) is 5.82 Å². The number of aryl methyl sites for hydroxylation is 2. The van der Waals surface area contributed by atoms with Crippen LogP contribution in [0.5, 0.6) is 0 Å². The van der Waals surface area contributed by atoms with Gasteiger partial charge in [-0.25, -0.2) is 0 Å². The van der Waals surface area contributed by atoms with Crippen LogP contribution in [0.25, 0.3) is 0 Å². The van der Waals surface area contributed by atoms with Gasteiger partial charge in [0.05, 0.1) is 27.2 Å². The predicted octanol–water partition coefficient (Wildman–Crippen LogP) is 1.98. The number of non-ortho nitro benzene ring substituents is 2. The summed E-state index contributed by atoms with van der Waals surface area (Å²) in [4.78, 5) is 32.7. The van der Waals surface area contributed by atoms with Gasteiger partial charge < -0.3 is 5.32 Å². The number of carbonyl (C=O) groups excluding carboxylic acids is 1. The lowest BCUT2D eigenvalue weighted by Gasteiger charge is -2.07. The number of amides is 1. The lowest BCUT2D eigenvalue weighted by atomic mass is 10.1. The number of hydrogen-bond acceptors (Lipinski definition) is 6. The summed E-state index contributed by atoms with van der Waals surface area (Å²) in [6.07, 6.45) is 2.57. The van der Waals surface area contributed by atoms with Gasteiger partial charge in [0.2, 0.25) is 0 Å². The molecule has 1 aliphatic carbocycles. The maximum atomic E-state index is 12.4. The first-order valence-corrected chi connectivity index (χ1v) is 7.17. The molecule has 0 spiro atoms. The Morgan fingerprint density at radius 1 is 1.17 bits per heavy atom. The molecule has 24 heavy (non-hydrogen) atoms. The minimum atomic E-state index is -0.772. The van der Waals surface area contributed by atoms with E-state index in [1.165, 1.54) is 4.68 Å². The van der Waals surface area contributed by atoms with Gasteiger partial charge in [-0.2, -0.15) is 5.10 Å². The molecule has 0 radical (unpaired) electrons. The van der Waals surface area contributed by atoms with Crippen LogP contribution in [0.3, 0.4) is 0 Å². The number of nitro groups is 2. The third-order valence-electron chi connectivity index (χ3n) is 3.89. The van der Waals surface area contributed by atoms with Crippen molar-refractivity contribution in [2.24, 2.45) is 7.05 Å². The first-order chi connectivity index (χ1) is 11.4. The van der Waals surface area contributed by atoms with Crippen molar-refractivity contribution in [3.8, 4) is 0 Å². The van der Waals surface area contributed by atoms with Crippen molar-refractivity contribution in [3.05, 3.63) is 55.2 Å². The second kappa shape index (κ2) is 5.72. The van der Waals surface area contributed by atoms with Crippen LogP contribution in [0.2, 0.25) is 0 Å². The molecule has 0 atom stereocenters. The molecular formula is C14H13N5O5. The van der Waals surface area contributed by atoms with Crippen molar-refractivity contribution in [3.63, 3.8) is 0 Å². The zero-order chi connectivity index (χ0) is 17.4. The quantitative estimate of drug-likeness (QED) is 0.672. The summed E-state index contributed by atoms with van der Waals surface area (Å²) in [5.74, 6) is -0.138. The monoisotopic (exact) mass is 331 g/mol. The maximum Gasteiger partial charge on any atom is 0.277 e. The first kappa shape index (κ1) is 15.6. The Labute approximate surface area is 135 Å². The molecule has 0 saturated heterocycles. The lowest BCUT2D eigenvalue weighted by molar-refractivity contribution is -0.394. The van der Waals surface area contributed by atoms with Crippen LogP contribution >= 0.6 is 0 Å². The molecule has 1 aliphatic rings. The van der Waals surface area contributed by atoms with E-state index in [1.807, 2.05) is 0 Å². The zero-order valence-electron chi connectivity index (χ0n) is 12.7. The van der Waals surface area contributed by atoms with Gasteiger partial charge in [-0.3, -0.25) is 29.7 Å². The number of rotatable bonds is 4. The molecule has 1 aromatic carbocycles. The fraction of sp³-hybridized carbons (Fsp3) is 0.286. The Morgan fingerprint density at radius 2 is 1.79 bits per heavy atom. The molecular weight excluding hydrogens is 318 g/mol. The average molecular weight is 331 g/mol. The largest absolute Gasteiger partial charge is 0.307 e. The third-order valence-corrected chi connectivity index (χ3v) is 3.89. The summed E-state index contributed by atoms with van der Waals surface area (Å²) in [6.45, 7) is 0. The highest BCUT2D eigenvalue weighted by Gasteiger charge is 2.24. The highest BCUT2D eigenvalue weighted by Crippen LogP contribution is 2.29. The summed E-state index contributed by atoms with van der Waals surface area (Å²) in [5.41, 5.74) is 0.682. The normalized spacial score (nSPS) is 12.7. The van der Waals surface area contributed by atoms with Crippen molar-refractivity contribution < 1.29 is 14.6 Å². The number of nitro benzene ring substituents is 2. The van der Waals surface area contributed by atoms with Gasteiger partial charge in [0.25, 0.3) is 17.3 Å². The molecule has 1 heterocycles. The molecule has 0 saturated carbocycles. The highest BCUT2D eigenvalue weighted by atomic mass is 16.6. The van der Waals surface area contributed by atoms with E-state index >= 15 is 0 Å². The molecule has 1 N–H and O–H groups in total. The van der Waals surface area contributed by atoms with Crippen LogP contribution in [-0.4, -0.2) is 25.5 Å². The van der Waals surface area contributed by atoms with Crippen molar-refractivity contribution in [2.45, 2.75) is 19.3 Å². The molecule has 0 unspecified atom stereocenters. The van der Waals surface area contributed by atoms with Gasteiger partial charge in [-0.15, -0.1) is 0 Å². The van der Waals surface area contributed by atoms with E-state index in [0.717, 1.165) is 48.7 Å². The first-order valence-electron chi connectivity index (χ1n) is 7.17. The molecule has 0 aliphatic heterocycles. The zero-order valence-corrected chi connectivity index (χ0v) is 12.7. The molecule has 124 valence electrons. The number of benzene rings is 1. The third kappa shape index (κ3) is 2.69. The molecule has 2 aromatic rings. The number of aromatic nitrogens is 2. The Hall–Kier alpha value is -3.30. The van der Waals surface area contributed by atoms with Gasteiger partial charge in [0.15, 0.2) is 0 Å². The molecule has 3 rings (SSSR count). The van der Waals surface area contributed by atoms with Crippen molar-refractivity contribution in [1.29, 1.82) is 0 Å². The fourth-order valence-electron chi connectivity index (χ4n) is 2.79. The van der Waals surface area contributed by atoms with Gasteiger partial charge in [-0.05, 0) is 19.3 Å². The van der Waals surface area contributed by atoms with Gasteiger partial charge in [-0.1, -0.05) is 0 Å². The van der Waals surface area contributed by atoms with Crippen LogP contribution in [-0.2, 0) is 19.9 Å². The van der Waals surface area contributed by atoms with Crippen LogP contribution in [0.1, 0.15) is 28.0 Å². The minimum Gasteiger partial charge on any atom is -0.307 e. The number of fused-ring (bicyclic) bond motifs is 1. The number of nitrogens with one attached hydrogen (secondary N) is 1.